The van der Waals surface area contributed by atoms with Crippen LogP contribution < -0.4 is 11.1 Å². The summed E-state index contributed by atoms with van der Waals surface area (Å²) in [4.78, 5) is 13.3. The van der Waals surface area contributed by atoms with Gasteiger partial charge in [0.25, 0.3) is 0 Å². The minimum absolute atomic E-state index is 0.0750. The maximum atomic E-state index is 11.7. The average Bonchev–Trinajstić information content (AvgIpc) is 2.35. The van der Waals surface area contributed by atoms with E-state index in [9.17, 15) is 4.79 Å². The Balaban J connectivity index is 2.82. The summed E-state index contributed by atoms with van der Waals surface area (Å²) in [7, 11) is 1.69. The lowest BCUT2D eigenvalue weighted by atomic mass is 10.1. The molecule has 0 heterocycles. The van der Waals surface area contributed by atoms with Gasteiger partial charge < -0.3 is 16.0 Å². The number of benzene rings is 1. The monoisotopic (exact) mass is 234 g/mol. The summed E-state index contributed by atoms with van der Waals surface area (Å²) in [6.07, 6.45) is 0. The molecule has 1 atom stereocenters. The van der Waals surface area contributed by atoms with Crippen molar-refractivity contribution in [1.82, 2.24) is 10.2 Å². The number of nitrogens with zero attached hydrogens (tertiary/aromatic N) is 1. The highest BCUT2D eigenvalue weighted by atomic mass is 16.2. The highest BCUT2D eigenvalue weighted by Crippen LogP contribution is 2.12. The minimum atomic E-state index is -0.572. The van der Waals surface area contributed by atoms with Crippen LogP contribution in [0.1, 0.15) is 18.5 Å². The topological polar surface area (TPSA) is 82.2 Å². The number of hydrogen-bond acceptors (Lipinski definition) is 2. The van der Waals surface area contributed by atoms with Crippen molar-refractivity contribution < 1.29 is 4.79 Å². The molecule has 5 heteroatoms. The van der Waals surface area contributed by atoms with Crippen LogP contribution in [0.15, 0.2) is 30.3 Å². The van der Waals surface area contributed by atoms with Crippen LogP contribution in [-0.4, -0.2) is 30.4 Å². The number of nitrogens with one attached hydrogen (secondary N) is 2. The molecule has 0 saturated carbocycles. The number of amides is 2. The highest BCUT2D eigenvalue weighted by molar-refractivity contribution is 5.88. The van der Waals surface area contributed by atoms with E-state index in [4.69, 9.17) is 11.1 Å². The molecule has 0 saturated heterocycles. The van der Waals surface area contributed by atoms with Gasteiger partial charge in [-0.25, -0.2) is 4.79 Å². The first-order valence-electron chi connectivity index (χ1n) is 5.46. The number of hydrogen-bond donors (Lipinski definition) is 3. The van der Waals surface area contributed by atoms with Gasteiger partial charge in [-0.05, 0) is 12.5 Å². The summed E-state index contributed by atoms with van der Waals surface area (Å²) in [6, 6.07) is 8.42. The predicted octanol–water partition coefficient (Wildman–Crippen LogP) is 1.32. The molecule has 0 aliphatic carbocycles. The third kappa shape index (κ3) is 3.48. The second-order valence-electron chi connectivity index (χ2n) is 3.76. The molecule has 4 N–H and O–H groups in total. The van der Waals surface area contributed by atoms with Crippen LogP contribution >= 0.6 is 0 Å². The van der Waals surface area contributed by atoms with Crippen molar-refractivity contribution in [1.29, 1.82) is 5.41 Å². The summed E-state index contributed by atoms with van der Waals surface area (Å²) in [5, 5.41) is 10.2. The molecule has 0 aliphatic rings. The van der Waals surface area contributed by atoms with Crippen molar-refractivity contribution in [2.24, 2.45) is 5.73 Å². The summed E-state index contributed by atoms with van der Waals surface area (Å²) >= 11 is 0. The Labute approximate surface area is 101 Å². The number of carbonyl (C=O) groups excluding carboxylic acids is 1. The Morgan fingerprint density at radius 2 is 2.06 bits per heavy atom. The third-order valence-corrected chi connectivity index (χ3v) is 2.53. The molecule has 92 valence electrons. The van der Waals surface area contributed by atoms with Crippen LogP contribution in [-0.2, 0) is 0 Å². The van der Waals surface area contributed by atoms with Crippen molar-refractivity contribution in [3.8, 4) is 0 Å². The molecule has 0 fully saturated rings. The van der Waals surface area contributed by atoms with Crippen LogP contribution in [0, 0.1) is 5.41 Å². The van der Waals surface area contributed by atoms with Gasteiger partial charge >= 0.3 is 6.03 Å². The summed E-state index contributed by atoms with van der Waals surface area (Å²) in [6.45, 7) is 2.48. The first kappa shape index (κ1) is 13.0. The molecule has 17 heavy (non-hydrogen) atoms. The zero-order chi connectivity index (χ0) is 12.8. The van der Waals surface area contributed by atoms with Gasteiger partial charge in [-0.3, -0.25) is 5.41 Å². The van der Waals surface area contributed by atoms with Gasteiger partial charge in [-0.2, -0.15) is 0 Å². The van der Waals surface area contributed by atoms with E-state index < -0.39 is 6.04 Å². The fourth-order valence-corrected chi connectivity index (χ4v) is 1.36. The van der Waals surface area contributed by atoms with Crippen LogP contribution in [0.25, 0.3) is 0 Å². The SMILES string of the molecule is CCN(C)C(=O)NC(C(=N)N)c1ccccc1. The van der Waals surface area contributed by atoms with E-state index in [2.05, 4.69) is 5.32 Å². The maximum Gasteiger partial charge on any atom is 0.317 e. The molecular weight excluding hydrogens is 216 g/mol. The molecule has 1 aromatic rings. The highest BCUT2D eigenvalue weighted by Gasteiger charge is 2.18. The van der Waals surface area contributed by atoms with Crippen molar-refractivity contribution in [2.45, 2.75) is 13.0 Å². The molecule has 0 aromatic heterocycles. The summed E-state index contributed by atoms with van der Waals surface area (Å²) in [5.74, 6) is -0.0750. The standard InChI is InChI=1S/C12H18N4O/c1-3-16(2)12(17)15-10(11(13)14)9-7-5-4-6-8-9/h4-8,10H,3H2,1-2H3,(H3,13,14)(H,15,17). The third-order valence-electron chi connectivity index (χ3n) is 2.53. The Kier molecular flexibility index (Phi) is 4.51. The van der Waals surface area contributed by atoms with E-state index >= 15 is 0 Å². The zero-order valence-electron chi connectivity index (χ0n) is 10.1. The van der Waals surface area contributed by atoms with Crippen LogP contribution in [0.5, 0.6) is 0 Å². The van der Waals surface area contributed by atoms with E-state index in [-0.39, 0.29) is 11.9 Å². The van der Waals surface area contributed by atoms with Gasteiger partial charge in [0.2, 0.25) is 0 Å². The van der Waals surface area contributed by atoms with Gasteiger partial charge in [0.1, 0.15) is 11.9 Å². The van der Waals surface area contributed by atoms with Crippen LogP contribution in [0.2, 0.25) is 0 Å². The van der Waals surface area contributed by atoms with E-state index in [0.717, 1.165) is 5.56 Å². The lowest BCUT2D eigenvalue weighted by Crippen LogP contribution is -2.43. The Morgan fingerprint density at radius 3 is 2.53 bits per heavy atom. The Hall–Kier alpha value is -2.04. The van der Waals surface area contributed by atoms with Crippen molar-refractivity contribution in [3.63, 3.8) is 0 Å². The first-order valence-corrected chi connectivity index (χ1v) is 5.46. The van der Waals surface area contributed by atoms with Gasteiger partial charge in [-0.1, -0.05) is 30.3 Å². The van der Waals surface area contributed by atoms with Gasteiger partial charge in [0.05, 0.1) is 0 Å². The number of nitrogens with two attached hydrogens (primary N) is 1. The fraction of sp³-hybridized carbons (Fsp3) is 0.333. The van der Waals surface area contributed by atoms with Crippen LogP contribution in [0.3, 0.4) is 0 Å². The number of urea groups is 1. The summed E-state index contributed by atoms with van der Waals surface area (Å²) < 4.78 is 0. The van der Waals surface area contributed by atoms with Crippen molar-refractivity contribution in [2.75, 3.05) is 13.6 Å². The molecule has 0 bridgehead atoms. The largest absolute Gasteiger partial charge is 0.386 e. The second-order valence-corrected chi connectivity index (χ2v) is 3.76. The number of amidine groups is 1. The number of carbonyl (C=O) groups is 1. The lowest BCUT2D eigenvalue weighted by Gasteiger charge is -2.22. The molecule has 5 nitrogen and oxygen atoms in total. The maximum absolute atomic E-state index is 11.7. The molecule has 1 rings (SSSR count). The molecule has 0 aliphatic heterocycles. The lowest BCUT2D eigenvalue weighted by molar-refractivity contribution is 0.209. The molecule has 2 amide bonds. The zero-order valence-corrected chi connectivity index (χ0v) is 10.1. The molecular formula is C12H18N4O. The normalized spacial score (nSPS) is 11.6. The van der Waals surface area contributed by atoms with E-state index in [0.29, 0.717) is 6.54 Å². The molecule has 1 unspecified atom stereocenters. The predicted molar refractivity (Wildman–Crippen MR) is 67.9 cm³/mol. The van der Waals surface area contributed by atoms with Crippen molar-refractivity contribution in [3.05, 3.63) is 35.9 Å². The van der Waals surface area contributed by atoms with Gasteiger partial charge in [-0.15, -0.1) is 0 Å². The van der Waals surface area contributed by atoms with Crippen molar-refractivity contribution >= 4 is 11.9 Å². The van der Waals surface area contributed by atoms with E-state index in [1.54, 1.807) is 7.05 Å². The Morgan fingerprint density at radius 1 is 1.47 bits per heavy atom. The first-order chi connectivity index (χ1) is 8.06. The molecule has 0 radical (unpaired) electrons. The van der Waals surface area contributed by atoms with Gasteiger partial charge in [0.15, 0.2) is 0 Å². The molecule has 1 aromatic carbocycles. The smallest absolute Gasteiger partial charge is 0.317 e. The number of rotatable bonds is 4. The van der Waals surface area contributed by atoms with E-state index in [1.165, 1.54) is 4.90 Å². The quantitative estimate of drug-likeness (QED) is 0.542. The fourth-order valence-electron chi connectivity index (χ4n) is 1.36. The molecule has 0 spiro atoms. The second kappa shape index (κ2) is 5.89. The van der Waals surface area contributed by atoms with Crippen LogP contribution in [0.4, 0.5) is 4.79 Å². The minimum Gasteiger partial charge on any atom is -0.386 e. The summed E-state index contributed by atoms with van der Waals surface area (Å²) in [5.41, 5.74) is 6.31. The van der Waals surface area contributed by atoms with E-state index in [1.807, 2.05) is 37.3 Å². The van der Waals surface area contributed by atoms with Gasteiger partial charge in [0, 0.05) is 13.6 Å². The Bertz CT molecular complexity index is 391. The average molecular weight is 234 g/mol.